The van der Waals surface area contributed by atoms with Gasteiger partial charge in [0.05, 0.1) is 0 Å². The lowest BCUT2D eigenvalue weighted by Gasteiger charge is -2.09. The zero-order chi connectivity index (χ0) is 9.35. The highest BCUT2D eigenvalue weighted by Gasteiger charge is 2.30. The summed E-state index contributed by atoms with van der Waals surface area (Å²) in [4.78, 5) is 11.2. The molecule has 0 atom stereocenters. The number of carbonyl (C=O) groups is 1. The average molecular weight is 235 g/mol. The molecule has 66 valence electrons. The summed E-state index contributed by atoms with van der Waals surface area (Å²) >= 11 is 3.03. The third kappa shape index (κ3) is 1.94. The maximum Gasteiger partial charge on any atom is 0.234 e. The Balaban J connectivity index is 2.93. The molecule has 0 radical (unpaired) electrons. The summed E-state index contributed by atoms with van der Waals surface area (Å²) in [5.74, 6) is -0.609. The van der Waals surface area contributed by atoms with Gasteiger partial charge in [0.25, 0.3) is 0 Å². The third-order valence-corrected chi connectivity index (χ3v) is 1.76. The van der Waals surface area contributed by atoms with Gasteiger partial charge in [0.15, 0.2) is 16.1 Å². The van der Waals surface area contributed by atoms with Crippen LogP contribution in [0.3, 0.4) is 0 Å². The van der Waals surface area contributed by atoms with Crippen LogP contribution in [0.25, 0.3) is 0 Å². The average Bonchev–Trinajstić information content (AvgIpc) is 2.32. The highest BCUT2D eigenvalue weighted by atomic mass is 79.9. The lowest BCUT2D eigenvalue weighted by molar-refractivity contribution is 0.0728. The molecule has 0 bridgehead atoms. The molecule has 0 aliphatic heterocycles. The van der Waals surface area contributed by atoms with Crippen LogP contribution >= 0.6 is 15.9 Å². The molecule has 0 amide bonds. The van der Waals surface area contributed by atoms with Gasteiger partial charge in [-0.25, -0.2) is 4.39 Å². The van der Waals surface area contributed by atoms with Gasteiger partial charge in [-0.2, -0.15) is 0 Å². The van der Waals surface area contributed by atoms with E-state index >= 15 is 0 Å². The topological polar surface area (TPSA) is 30.2 Å². The molecule has 4 heteroatoms. The number of hydrogen-bond acceptors (Lipinski definition) is 2. The van der Waals surface area contributed by atoms with Gasteiger partial charge in [0.2, 0.25) is 5.78 Å². The molecule has 0 saturated carbocycles. The first-order valence-electron chi connectivity index (χ1n) is 3.40. The summed E-state index contributed by atoms with van der Waals surface area (Å²) in [5.41, 5.74) is -1.88. The van der Waals surface area contributed by atoms with Crippen LogP contribution in [0.15, 0.2) is 21.2 Å². The molecule has 2 nitrogen and oxygen atoms in total. The second-order valence-corrected chi connectivity index (χ2v) is 3.69. The van der Waals surface area contributed by atoms with E-state index in [0.717, 1.165) is 0 Å². The maximum atomic E-state index is 13.1. The van der Waals surface area contributed by atoms with Crippen LogP contribution in [0.5, 0.6) is 0 Å². The molecule has 1 heterocycles. The van der Waals surface area contributed by atoms with E-state index in [9.17, 15) is 9.18 Å². The van der Waals surface area contributed by atoms with Gasteiger partial charge in [0, 0.05) is 0 Å². The molecular formula is C8H8BrFO2. The van der Waals surface area contributed by atoms with Gasteiger partial charge in [0.1, 0.15) is 0 Å². The summed E-state index contributed by atoms with van der Waals surface area (Å²) in [6, 6.07) is 2.99. The fraction of sp³-hybridized carbons (Fsp3) is 0.375. The third-order valence-electron chi connectivity index (χ3n) is 1.34. The monoisotopic (exact) mass is 234 g/mol. The zero-order valence-electron chi connectivity index (χ0n) is 6.73. The van der Waals surface area contributed by atoms with E-state index in [2.05, 4.69) is 15.9 Å². The van der Waals surface area contributed by atoms with Crippen LogP contribution in [-0.4, -0.2) is 11.5 Å². The van der Waals surface area contributed by atoms with E-state index in [1.54, 1.807) is 6.07 Å². The molecule has 0 aliphatic carbocycles. The van der Waals surface area contributed by atoms with Gasteiger partial charge < -0.3 is 4.42 Å². The molecule has 0 aliphatic rings. The molecular weight excluding hydrogens is 227 g/mol. The SMILES string of the molecule is CC(C)(F)C(=O)c1ccc(Br)o1. The van der Waals surface area contributed by atoms with Crippen LogP contribution in [-0.2, 0) is 0 Å². The molecule has 0 fully saturated rings. The Kier molecular flexibility index (Phi) is 2.37. The van der Waals surface area contributed by atoms with Crippen molar-refractivity contribution in [3.8, 4) is 0 Å². The van der Waals surface area contributed by atoms with E-state index in [1.165, 1.54) is 19.9 Å². The Hall–Kier alpha value is -0.640. The van der Waals surface area contributed by atoms with Crippen LogP contribution < -0.4 is 0 Å². The number of ketones is 1. The van der Waals surface area contributed by atoms with Gasteiger partial charge in [-0.15, -0.1) is 0 Å². The first-order chi connectivity index (χ1) is 5.41. The van der Waals surface area contributed by atoms with Crippen LogP contribution in [0, 0.1) is 0 Å². The van der Waals surface area contributed by atoms with Crippen molar-refractivity contribution in [1.82, 2.24) is 0 Å². The first kappa shape index (κ1) is 9.45. The van der Waals surface area contributed by atoms with Crippen molar-refractivity contribution in [2.45, 2.75) is 19.5 Å². The Labute approximate surface area is 77.9 Å². The van der Waals surface area contributed by atoms with Crippen LogP contribution in [0.1, 0.15) is 24.4 Å². The van der Waals surface area contributed by atoms with Crippen molar-refractivity contribution in [1.29, 1.82) is 0 Å². The van der Waals surface area contributed by atoms with Crippen LogP contribution in [0.4, 0.5) is 4.39 Å². The van der Waals surface area contributed by atoms with Crippen molar-refractivity contribution >= 4 is 21.7 Å². The fourth-order valence-corrected chi connectivity index (χ4v) is 1.04. The minimum absolute atomic E-state index is 0.0365. The minimum atomic E-state index is -1.88. The van der Waals surface area contributed by atoms with Crippen molar-refractivity contribution in [2.24, 2.45) is 0 Å². The predicted octanol–water partition coefficient (Wildman–Crippen LogP) is 2.97. The van der Waals surface area contributed by atoms with Crippen molar-refractivity contribution < 1.29 is 13.6 Å². The number of rotatable bonds is 2. The number of hydrogen-bond donors (Lipinski definition) is 0. The first-order valence-corrected chi connectivity index (χ1v) is 4.19. The molecule has 1 aromatic rings. The Morgan fingerprint density at radius 3 is 2.50 bits per heavy atom. The second-order valence-electron chi connectivity index (χ2n) is 2.91. The normalized spacial score (nSPS) is 11.7. The molecule has 12 heavy (non-hydrogen) atoms. The standard InChI is InChI=1S/C8H8BrFO2/c1-8(2,10)7(11)5-3-4-6(9)12-5/h3-4H,1-2H3. The fourth-order valence-electron chi connectivity index (χ4n) is 0.729. The zero-order valence-corrected chi connectivity index (χ0v) is 8.31. The molecule has 0 saturated heterocycles. The van der Waals surface area contributed by atoms with Crippen molar-refractivity contribution in [3.63, 3.8) is 0 Å². The number of furan rings is 1. The van der Waals surface area contributed by atoms with Crippen LogP contribution in [0.2, 0.25) is 0 Å². The number of alkyl halides is 1. The number of Topliss-reactive ketones (excluding diaryl/α,β-unsaturated/α-hetero) is 1. The van der Waals surface area contributed by atoms with E-state index in [-0.39, 0.29) is 5.76 Å². The number of halogens is 2. The Morgan fingerprint density at radius 2 is 2.17 bits per heavy atom. The molecule has 0 N–H and O–H groups in total. The van der Waals surface area contributed by atoms with Gasteiger partial charge in [-0.1, -0.05) is 0 Å². The van der Waals surface area contributed by atoms with Crippen molar-refractivity contribution in [3.05, 3.63) is 22.6 Å². The lowest BCUT2D eigenvalue weighted by atomic mass is 10.0. The summed E-state index contributed by atoms with van der Waals surface area (Å²) in [7, 11) is 0. The molecule has 0 aromatic carbocycles. The van der Waals surface area contributed by atoms with E-state index < -0.39 is 11.5 Å². The summed E-state index contributed by atoms with van der Waals surface area (Å²) in [5, 5.41) is 0. The Bertz CT molecular complexity index is 298. The molecule has 1 aromatic heterocycles. The lowest BCUT2D eigenvalue weighted by Crippen LogP contribution is -2.25. The van der Waals surface area contributed by atoms with E-state index in [4.69, 9.17) is 4.42 Å². The van der Waals surface area contributed by atoms with Gasteiger partial charge in [-0.05, 0) is 41.9 Å². The Morgan fingerprint density at radius 1 is 1.58 bits per heavy atom. The summed E-state index contributed by atoms with van der Waals surface area (Å²) in [6.45, 7) is 2.40. The largest absolute Gasteiger partial charge is 0.446 e. The van der Waals surface area contributed by atoms with Crippen molar-refractivity contribution in [2.75, 3.05) is 0 Å². The second kappa shape index (κ2) is 3.01. The molecule has 0 spiro atoms. The quantitative estimate of drug-likeness (QED) is 0.737. The van der Waals surface area contributed by atoms with Gasteiger partial charge in [-0.3, -0.25) is 4.79 Å². The highest BCUT2D eigenvalue weighted by Crippen LogP contribution is 2.21. The minimum Gasteiger partial charge on any atom is -0.446 e. The predicted molar refractivity (Wildman–Crippen MR) is 45.9 cm³/mol. The molecule has 1 rings (SSSR count). The summed E-state index contributed by atoms with van der Waals surface area (Å²) < 4.78 is 18.4. The van der Waals surface area contributed by atoms with E-state index in [1.807, 2.05) is 0 Å². The smallest absolute Gasteiger partial charge is 0.234 e. The van der Waals surface area contributed by atoms with E-state index in [0.29, 0.717) is 4.67 Å². The number of carbonyl (C=O) groups excluding carboxylic acids is 1. The maximum absolute atomic E-state index is 13.1. The summed E-state index contributed by atoms with van der Waals surface area (Å²) in [6.07, 6.45) is 0. The highest BCUT2D eigenvalue weighted by molar-refractivity contribution is 9.10. The molecule has 0 unspecified atom stereocenters. The van der Waals surface area contributed by atoms with Gasteiger partial charge >= 0.3 is 0 Å².